The first-order valence-corrected chi connectivity index (χ1v) is 22.8. The number of carboxylic acids is 1. The minimum atomic E-state index is -1.62. The number of hydrogen-bond acceptors (Lipinski definition) is 8. The standard InChI is InChI=1S/C46H87NO8/c1-6-8-10-12-14-16-18-19-20-21-22-23-24-25-26-27-29-30-32-34-36-43(48)53-40-42(41-54-46(45(50)51)52-39-38-47(3,4)5)55-44(49)37-35-33-31-28-17-15-13-11-9-7-2/h11,13,42,46H,6-10,12,14-41H2,1-5H3/b13-11-. The normalized spacial score (nSPS) is 13.0. The van der Waals surface area contributed by atoms with Gasteiger partial charge in [-0.3, -0.25) is 9.59 Å². The van der Waals surface area contributed by atoms with Gasteiger partial charge in [0.1, 0.15) is 13.2 Å². The van der Waals surface area contributed by atoms with Crippen LogP contribution in [0.2, 0.25) is 0 Å². The van der Waals surface area contributed by atoms with Crippen LogP contribution in [-0.4, -0.2) is 82.3 Å². The van der Waals surface area contributed by atoms with Crippen LogP contribution in [0.25, 0.3) is 0 Å². The lowest BCUT2D eigenvalue weighted by atomic mass is 10.0. The molecule has 0 aliphatic rings. The number of carboxylic acid groups (broad SMARTS) is 1. The second-order valence-electron chi connectivity index (χ2n) is 16.7. The topological polar surface area (TPSA) is 111 Å². The van der Waals surface area contributed by atoms with E-state index >= 15 is 0 Å². The number of hydrogen-bond donors (Lipinski definition) is 0. The second kappa shape index (κ2) is 38.9. The maximum atomic E-state index is 12.7. The number of carbonyl (C=O) groups is 3. The molecule has 0 amide bonds. The maximum Gasteiger partial charge on any atom is 0.306 e. The molecule has 0 aliphatic heterocycles. The number of likely N-dealkylation sites (N-methyl/N-ethyl adjacent to an activating group) is 1. The highest BCUT2D eigenvalue weighted by Gasteiger charge is 2.21. The Kier molecular flexibility index (Phi) is 37.5. The van der Waals surface area contributed by atoms with Crippen LogP contribution in [0, 0.1) is 0 Å². The van der Waals surface area contributed by atoms with Crippen LogP contribution in [-0.2, 0) is 33.3 Å². The van der Waals surface area contributed by atoms with Gasteiger partial charge in [0.05, 0.1) is 40.3 Å². The Morgan fingerprint density at radius 1 is 0.527 bits per heavy atom. The van der Waals surface area contributed by atoms with Gasteiger partial charge in [0, 0.05) is 12.8 Å². The van der Waals surface area contributed by atoms with E-state index in [1.807, 2.05) is 21.1 Å². The fraction of sp³-hybridized carbons (Fsp3) is 0.891. The van der Waals surface area contributed by atoms with E-state index in [2.05, 4.69) is 26.0 Å². The molecule has 0 aromatic heterocycles. The highest BCUT2D eigenvalue weighted by molar-refractivity contribution is 5.70. The number of aliphatic carboxylic acids is 1. The molecule has 0 heterocycles. The van der Waals surface area contributed by atoms with Gasteiger partial charge in [-0.05, 0) is 32.1 Å². The third-order valence-corrected chi connectivity index (χ3v) is 9.99. The Bertz CT molecular complexity index is 918. The van der Waals surface area contributed by atoms with E-state index in [-0.39, 0.29) is 32.2 Å². The fourth-order valence-corrected chi connectivity index (χ4v) is 6.42. The van der Waals surface area contributed by atoms with E-state index in [4.69, 9.17) is 18.9 Å². The van der Waals surface area contributed by atoms with Crippen LogP contribution in [0.3, 0.4) is 0 Å². The lowest BCUT2D eigenvalue weighted by molar-refractivity contribution is -0.870. The van der Waals surface area contributed by atoms with Crippen molar-refractivity contribution in [2.24, 2.45) is 0 Å². The number of quaternary nitrogens is 1. The Balaban J connectivity index is 4.28. The highest BCUT2D eigenvalue weighted by Crippen LogP contribution is 2.16. The van der Waals surface area contributed by atoms with E-state index in [1.54, 1.807) is 0 Å². The summed E-state index contributed by atoms with van der Waals surface area (Å²) in [6, 6.07) is 0. The Morgan fingerprint density at radius 3 is 1.42 bits per heavy atom. The molecule has 0 N–H and O–H groups in total. The molecule has 55 heavy (non-hydrogen) atoms. The van der Waals surface area contributed by atoms with Gasteiger partial charge in [-0.2, -0.15) is 0 Å². The molecule has 0 saturated carbocycles. The molecule has 2 atom stereocenters. The molecule has 2 unspecified atom stereocenters. The zero-order chi connectivity index (χ0) is 40.7. The minimum Gasteiger partial charge on any atom is -0.545 e. The van der Waals surface area contributed by atoms with Crippen LogP contribution in [0.15, 0.2) is 12.2 Å². The lowest BCUT2D eigenvalue weighted by Gasteiger charge is -2.26. The Hall–Kier alpha value is -1.97. The lowest BCUT2D eigenvalue weighted by Crippen LogP contribution is -2.44. The summed E-state index contributed by atoms with van der Waals surface area (Å²) in [5.74, 6) is -2.29. The predicted octanol–water partition coefficient (Wildman–Crippen LogP) is 10.6. The predicted molar refractivity (Wildman–Crippen MR) is 223 cm³/mol. The van der Waals surface area contributed by atoms with Crippen LogP contribution < -0.4 is 5.11 Å². The molecule has 0 fully saturated rings. The number of nitrogens with zero attached hydrogens (tertiary/aromatic N) is 1. The summed E-state index contributed by atoms with van der Waals surface area (Å²) in [7, 11) is 5.90. The van der Waals surface area contributed by atoms with Gasteiger partial charge >= 0.3 is 11.9 Å². The molecular weight excluding hydrogens is 695 g/mol. The number of unbranched alkanes of at least 4 members (excludes halogenated alkanes) is 25. The van der Waals surface area contributed by atoms with E-state index in [1.165, 1.54) is 116 Å². The summed E-state index contributed by atoms with van der Waals surface area (Å²) in [6.07, 6.45) is 36.8. The van der Waals surface area contributed by atoms with Crippen molar-refractivity contribution in [1.82, 2.24) is 0 Å². The number of esters is 2. The van der Waals surface area contributed by atoms with E-state index in [9.17, 15) is 19.5 Å². The van der Waals surface area contributed by atoms with Crippen LogP contribution in [0.4, 0.5) is 0 Å². The number of rotatable bonds is 42. The molecule has 324 valence electrons. The van der Waals surface area contributed by atoms with Crippen molar-refractivity contribution < 1.29 is 42.9 Å². The zero-order valence-electron chi connectivity index (χ0n) is 36.6. The highest BCUT2D eigenvalue weighted by atomic mass is 16.7. The van der Waals surface area contributed by atoms with Crippen molar-refractivity contribution in [2.45, 2.75) is 219 Å². The molecule has 9 heteroatoms. The fourth-order valence-electron chi connectivity index (χ4n) is 6.42. The Labute approximate surface area is 338 Å². The summed E-state index contributed by atoms with van der Waals surface area (Å²) in [5.41, 5.74) is 0. The van der Waals surface area contributed by atoms with Crippen LogP contribution in [0.1, 0.15) is 206 Å². The largest absolute Gasteiger partial charge is 0.545 e. The average molecular weight is 782 g/mol. The van der Waals surface area contributed by atoms with Crippen LogP contribution >= 0.6 is 0 Å². The summed E-state index contributed by atoms with van der Waals surface area (Å²) < 4.78 is 22.5. The SMILES string of the molecule is CCC/C=C\CCCCCCCC(=O)OC(COC(=O)CCCCCCCCCCCCCCCCCCCCCC)COC(OCC[N+](C)(C)C)C(=O)[O-]. The molecule has 0 saturated heterocycles. The molecule has 9 nitrogen and oxygen atoms in total. The van der Waals surface area contributed by atoms with Crippen molar-refractivity contribution in [3.63, 3.8) is 0 Å². The summed E-state index contributed by atoms with van der Waals surface area (Å²) in [4.78, 5) is 36.9. The molecule has 0 bridgehead atoms. The summed E-state index contributed by atoms with van der Waals surface area (Å²) in [5, 5.41) is 11.7. The first-order chi connectivity index (χ1) is 26.6. The molecule has 0 spiro atoms. The van der Waals surface area contributed by atoms with Crippen molar-refractivity contribution in [3.8, 4) is 0 Å². The monoisotopic (exact) mass is 782 g/mol. The third-order valence-electron chi connectivity index (χ3n) is 9.99. The van der Waals surface area contributed by atoms with Gasteiger partial charge < -0.3 is 33.3 Å². The van der Waals surface area contributed by atoms with Gasteiger partial charge in [-0.1, -0.05) is 174 Å². The van der Waals surface area contributed by atoms with Gasteiger partial charge in [-0.15, -0.1) is 0 Å². The average Bonchev–Trinajstić information content (AvgIpc) is 3.14. The molecule has 0 aromatic rings. The smallest absolute Gasteiger partial charge is 0.306 e. The first-order valence-electron chi connectivity index (χ1n) is 22.8. The van der Waals surface area contributed by atoms with Gasteiger partial charge in [0.15, 0.2) is 12.4 Å². The van der Waals surface area contributed by atoms with Crippen LogP contribution in [0.5, 0.6) is 0 Å². The van der Waals surface area contributed by atoms with E-state index < -0.39 is 24.3 Å². The molecule has 0 aromatic carbocycles. The Morgan fingerprint density at radius 2 is 0.964 bits per heavy atom. The first kappa shape index (κ1) is 53.0. The second-order valence-corrected chi connectivity index (χ2v) is 16.7. The molecule has 0 aliphatic carbocycles. The maximum absolute atomic E-state index is 12.7. The number of carbonyl (C=O) groups excluding carboxylic acids is 3. The van der Waals surface area contributed by atoms with E-state index in [0.717, 1.165) is 57.8 Å². The zero-order valence-corrected chi connectivity index (χ0v) is 36.6. The molecule has 0 radical (unpaired) electrons. The van der Waals surface area contributed by atoms with Gasteiger partial charge in [0.25, 0.3) is 0 Å². The van der Waals surface area contributed by atoms with Crippen molar-refractivity contribution in [3.05, 3.63) is 12.2 Å². The summed E-state index contributed by atoms with van der Waals surface area (Å²) >= 11 is 0. The third kappa shape index (κ3) is 40.0. The minimum absolute atomic E-state index is 0.149. The summed E-state index contributed by atoms with van der Waals surface area (Å²) in [6.45, 7) is 4.68. The number of allylic oxidation sites excluding steroid dienone is 2. The van der Waals surface area contributed by atoms with Crippen molar-refractivity contribution in [2.75, 3.05) is 47.5 Å². The molecular formula is C46H87NO8. The van der Waals surface area contributed by atoms with Gasteiger partial charge in [-0.25, -0.2) is 0 Å². The molecule has 0 rings (SSSR count). The van der Waals surface area contributed by atoms with Gasteiger partial charge in [0.2, 0.25) is 0 Å². The van der Waals surface area contributed by atoms with E-state index in [0.29, 0.717) is 23.9 Å². The van der Waals surface area contributed by atoms with Crippen molar-refractivity contribution in [1.29, 1.82) is 0 Å². The van der Waals surface area contributed by atoms with Crippen molar-refractivity contribution >= 4 is 17.9 Å². The quantitative estimate of drug-likeness (QED) is 0.0198. The number of ether oxygens (including phenoxy) is 4.